The number of nitriles is 2. The second kappa shape index (κ2) is 7.79. The van der Waals surface area contributed by atoms with Gasteiger partial charge in [0.05, 0.1) is 52.7 Å². The van der Waals surface area contributed by atoms with Crippen LogP contribution in [0.1, 0.15) is 68.5 Å². The molecule has 0 fully saturated rings. The van der Waals surface area contributed by atoms with Gasteiger partial charge in [0.25, 0.3) is 23.7 Å². The number of hydrogen-bond acceptors (Lipinski definition) is 2. The molecule has 0 amide bonds. The molecule has 4 aromatic carbocycles. The molecule has 0 saturated carbocycles. The smallest absolute Gasteiger partial charge is 0.281 e. The average molecular weight is 644 g/mol. The molecule has 232 valence electrons. The van der Waals surface area contributed by atoms with Crippen LogP contribution in [0.4, 0.5) is 35.1 Å². The number of halogens is 8. The molecule has 0 N–H and O–H groups in total. The van der Waals surface area contributed by atoms with Crippen molar-refractivity contribution in [1.82, 2.24) is 4.40 Å². The number of rotatable bonds is 0. The lowest BCUT2D eigenvalue weighted by atomic mass is 9.73. The van der Waals surface area contributed by atoms with E-state index in [-0.39, 0.29) is 38.1 Å². The molecule has 47 heavy (non-hydrogen) atoms. The fraction of sp³-hybridized carbons (Fsp3) is 0.278. The largest absolute Gasteiger partial charge is 0.308 e. The average Bonchev–Trinajstić information content (AvgIpc) is 3.64. The van der Waals surface area contributed by atoms with Crippen LogP contribution in [0, 0.1) is 22.7 Å². The third-order valence-electron chi connectivity index (χ3n) is 10.9. The molecule has 0 radical (unpaired) electrons. The Labute approximate surface area is 259 Å². The van der Waals surface area contributed by atoms with E-state index in [1.54, 1.807) is 12.1 Å². The normalized spacial score (nSPS) is 20.5. The van der Waals surface area contributed by atoms with Crippen molar-refractivity contribution in [3.63, 3.8) is 0 Å². The minimum atomic E-state index is -4.05. The first-order valence-electron chi connectivity index (χ1n) is 15.1. The summed E-state index contributed by atoms with van der Waals surface area (Å²) in [5.74, 6) is -16.1. The van der Waals surface area contributed by atoms with E-state index in [1.807, 2.05) is 18.2 Å². The van der Waals surface area contributed by atoms with Crippen LogP contribution in [0.5, 0.6) is 0 Å². The molecule has 0 bridgehead atoms. The number of nitrogens with zero attached hydrogens (tertiary/aromatic N) is 3. The fourth-order valence-electron chi connectivity index (χ4n) is 9.46. The third kappa shape index (κ3) is 2.90. The van der Waals surface area contributed by atoms with Crippen LogP contribution in [-0.4, -0.2) is 4.40 Å². The van der Waals surface area contributed by atoms with E-state index in [0.717, 1.165) is 28.8 Å². The standard InChI is InChI=1S/C36H17F8N3/c37-33(38)12-35(41,42)30-26-20(8-16(10-45)28(30)33)47-21-9-17(11-46)29-31(36(43,44)13-34(29,39)40)27(21)25-19-7-5-15-3-1-2-14-4-6-18(23(19)22(14)15)24(26)32(25)47/h1-3,8-9H,4-7,12-13H2. The van der Waals surface area contributed by atoms with Gasteiger partial charge in [-0.05, 0) is 71.2 Å². The van der Waals surface area contributed by atoms with Gasteiger partial charge in [-0.15, -0.1) is 0 Å². The molecule has 4 aliphatic rings. The predicted octanol–water partition coefficient (Wildman–Crippen LogP) is 9.62. The second-order valence-corrected chi connectivity index (χ2v) is 13.2. The molecule has 10 rings (SSSR count). The summed E-state index contributed by atoms with van der Waals surface area (Å²) in [5.41, 5.74) is -0.864. The first-order valence-corrected chi connectivity index (χ1v) is 15.1. The van der Waals surface area contributed by atoms with E-state index in [2.05, 4.69) is 0 Å². The minimum absolute atomic E-state index is 0.0951. The van der Waals surface area contributed by atoms with Crippen LogP contribution in [0.15, 0.2) is 30.3 Å². The van der Waals surface area contributed by atoms with Crippen molar-refractivity contribution in [2.75, 3.05) is 0 Å². The summed E-state index contributed by atoms with van der Waals surface area (Å²) in [6.07, 6.45) is -1.99. The van der Waals surface area contributed by atoms with Crippen molar-refractivity contribution in [2.45, 2.75) is 62.2 Å². The van der Waals surface area contributed by atoms with Gasteiger partial charge in [0.15, 0.2) is 0 Å². The first-order chi connectivity index (χ1) is 22.2. The lowest BCUT2D eigenvalue weighted by Crippen LogP contribution is -2.15. The quantitative estimate of drug-likeness (QED) is 0.155. The van der Waals surface area contributed by atoms with E-state index < -0.39 is 69.9 Å². The summed E-state index contributed by atoms with van der Waals surface area (Å²) in [4.78, 5) is 0. The Balaban J connectivity index is 1.57. The van der Waals surface area contributed by atoms with Crippen molar-refractivity contribution in [3.05, 3.63) is 86.0 Å². The SMILES string of the molecule is N#Cc1cc2c(c3c1C(F)(F)CC3(F)F)c1c3c4c(c5c6c7c(c(C#N)cc6n2c15)C(F)(F)CC7(F)F)CCc1cccc(c1-4)CC3. The maximum Gasteiger partial charge on any atom is 0.281 e. The molecular weight excluding hydrogens is 626 g/mol. The van der Waals surface area contributed by atoms with Crippen LogP contribution in [0.25, 0.3) is 49.2 Å². The van der Waals surface area contributed by atoms with Gasteiger partial charge >= 0.3 is 0 Å². The maximum atomic E-state index is 15.9. The number of aromatic nitrogens is 1. The Morgan fingerprint density at radius 3 is 1.40 bits per heavy atom. The topological polar surface area (TPSA) is 52.0 Å². The minimum Gasteiger partial charge on any atom is -0.308 e. The zero-order valence-corrected chi connectivity index (χ0v) is 24.0. The van der Waals surface area contributed by atoms with Crippen LogP contribution in [-0.2, 0) is 49.4 Å². The highest BCUT2D eigenvalue weighted by molar-refractivity contribution is 6.29. The molecule has 0 spiro atoms. The third-order valence-corrected chi connectivity index (χ3v) is 10.9. The summed E-state index contributed by atoms with van der Waals surface area (Å²) in [5, 5.41) is 19.9. The molecule has 0 unspecified atom stereocenters. The summed E-state index contributed by atoms with van der Waals surface area (Å²) in [6, 6.07) is 11.2. The summed E-state index contributed by atoms with van der Waals surface area (Å²) < 4.78 is 127. The zero-order valence-electron chi connectivity index (χ0n) is 24.0. The van der Waals surface area contributed by atoms with Gasteiger partial charge in [-0.25, -0.2) is 35.1 Å². The van der Waals surface area contributed by atoms with Crippen molar-refractivity contribution >= 4 is 38.1 Å². The Kier molecular flexibility index (Phi) is 4.51. The molecule has 0 aliphatic heterocycles. The highest BCUT2D eigenvalue weighted by Gasteiger charge is 2.60. The van der Waals surface area contributed by atoms with Crippen LogP contribution in [0.2, 0.25) is 0 Å². The molecule has 2 heterocycles. The van der Waals surface area contributed by atoms with Crippen molar-refractivity contribution in [2.24, 2.45) is 0 Å². The molecule has 0 atom stereocenters. The Morgan fingerprint density at radius 2 is 0.979 bits per heavy atom. The molecule has 4 aliphatic carbocycles. The van der Waals surface area contributed by atoms with Gasteiger partial charge in [0.2, 0.25) is 0 Å². The number of benzene rings is 4. The lowest BCUT2D eigenvalue weighted by Gasteiger charge is -2.31. The van der Waals surface area contributed by atoms with Gasteiger partial charge in [-0.3, -0.25) is 0 Å². The fourth-order valence-corrected chi connectivity index (χ4v) is 9.46. The Hall–Kier alpha value is -4.90. The van der Waals surface area contributed by atoms with Crippen LogP contribution < -0.4 is 0 Å². The van der Waals surface area contributed by atoms with E-state index in [0.29, 0.717) is 42.4 Å². The number of hydrogen-bond donors (Lipinski definition) is 0. The molecule has 6 aromatic rings. The van der Waals surface area contributed by atoms with E-state index in [4.69, 9.17) is 0 Å². The second-order valence-electron chi connectivity index (χ2n) is 13.2. The van der Waals surface area contributed by atoms with Crippen LogP contribution >= 0.6 is 0 Å². The van der Waals surface area contributed by atoms with Gasteiger partial charge in [0, 0.05) is 43.8 Å². The zero-order chi connectivity index (χ0) is 32.7. The monoisotopic (exact) mass is 643 g/mol. The van der Waals surface area contributed by atoms with Crippen molar-refractivity contribution < 1.29 is 35.1 Å². The van der Waals surface area contributed by atoms with Gasteiger partial charge < -0.3 is 4.40 Å². The number of alkyl halides is 8. The molecule has 0 saturated heterocycles. The van der Waals surface area contributed by atoms with Gasteiger partial charge in [-0.1, -0.05) is 18.2 Å². The van der Waals surface area contributed by atoms with Gasteiger partial charge in [-0.2, -0.15) is 10.5 Å². The highest BCUT2D eigenvalue weighted by atomic mass is 19.3. The number of aryl methyl sites for hydroxylation is 4. The van der Waals surface area contributed by atoms with E-state index in [1.165, 1.54) is 4.40 Å². The maximum absolute atomic E-state index is 15.9. The first kappa shape index (κ1) is 27.2. The van der Waals surface area contributed by atoms with Crippen molar-refractivity contribution in [3.8, 4) is 23.3 Å². The predicted molar refractivity (Wildman–Crippen MR) is 156 cm³/mol. The molecule has 11 heteroatoms. The van der Waals surface area contributed by atoms with E-state index >= 15 is 35.1 Å². The lowest BCUT2D eigenvalue weighted by molar-refractivity contribution is -0.0931. The summed E-state index contributed by atoms with van der Waals surface area (Å²) in [7, 11) is 0. The molecule has 3 nitrogen and oxygen atoms in total. The molecular formula is C36H17F8N3. The van der Waals surface area contributed by atoms with Gasteiger partial charge in [0.1, 0.15) is 0 Å². The number of fused-ring (bicyclic) bond motifs is 12. The van der Waals surface area contributed by atoms with Crippen molar-refractivity contribution in [1.29, 1.82) is 10.5 Å². The molecule has 2 aromatic heterocycles. The Morgan fingerprint density at radius 1 is 0.553 bits per heavy atom. The van der Waals surface area contributed by atoms with Crippen LogP contribution in [0.3, 0.4) is 0 Å². The summed E-state index contributed by atoms with van der Waals surface area (Å²) in [6.45, 7) is 0. The van der Waals surface area contributed by atoms with E-state index in [9.17, 15) is 10.5 Å². The Bertz CT molecular complexity index is 2450. The summed E-state index contributed by atoms with van der Waals surface area (Å²) >= 11 is 0. The highest BCUT2D eigenvalue weighted by Crippen LogP contribution is 2.63.